The Morgan fingerprint density at radius 1 is 0.897 bits per heavy atom. The molecule has 2 aromatic heterocycles. The Hall–Kier alpha value is -4.06. The van der Waals surface area contributed by atoms with Crippen molar-refractivity contribution in [3.63, 3.8) is 0 Å². The molecule has 0 aliphatic carbocycles. The minimum absolute atomic E-state index is 0.351. The number of ether oxygens (including phenoxy) is 1. The van der Waals surface area contributed by atoms with Crippen molar-refractivity contribution < 1.29 is 13.9 Å². The molecule has 0 unspecified atom stereocenters. The van der Waals surface area contributed by atoms with Crippen LogP contribution in [0, 0.1) is 5.82 Å². The lowest BCUT2D eigenvalue weighted by atomic mass is 10.1. The molecule has 0 aliphatic rings. The molecule has 2 aromatic carbocycles. The first kappa shape index (κ1) is 18.3. The molecule has 142 valence electrons. The minimum Gasteiger partial charge on any atom is -0.456 e. The Labute approximate surface area is 166 Å². The first-order valence-corrected chi connectivity index (χ1v) is 8.89. The summed E-state index contributed by atoms with van der Waals surface area (Å²) in [7, 11) is 0. The maximum atomic E-state index is 13.1. The van der Waals surface area contributed by atoms with Crippen LogP contribution >= 0.6 is 0 Å². The molecule has 2 heterocycles. The number of benzene rings is 2. The fraction of sp³-hybridized carbons (Fsp3) is 0. The van der Waals surface area contributed by atoms with Gasteiger partial charge >= 0.3 is 0 Å². The second-order valence-electron chi connectivity index (χ2n) is 6.21. The SMILES string of the molecule is O=C(Nc1cc(Oc2cccnc2)cc(-c2ccccn2)c1)c1ccc(F)cc1. The van der Waals surface area contributed by atoms with Crippen LogP contribution in [0.1, 0.15) is 10.4 Å². The van der Waals surface area contributed by atoms with E-state index in [2.05, 4.69) is 15.3 Å². The summed E-state index contributed by atoms with van der Waals surface area (Å²) in [6.45, 7) is 0. The van der Waals surface area contributed by atoms with Gasteiger partial charge in [-0.1, -0.05) is 6.07 Å². The van der Waals surface area contributed by atoms with Gasteiger partial charge in [-0.15, -0.1) is 0 Å². The molecule has 0 spiro atoms. The summed E-state index contributed by atoms with van der Waals surface area (Å²) in [5.74, 6) is 0.346. The van der Waals surface area contributed by atoms with E-state index in [1.54, 1.807) is 42.9 Å². The van der Waals surface area contributed by atoms with E-state index in [1.807, 2.05) is 24.3 Å². The molecule has 0 atom stereocenters. The Bertz CT molecular complexity index is 1120. The largest absolute Gasteiger partial charge is 0.456 e. The van der Waals surface area contributed by atoms with Gasteiger partial charge in [-0.2, -0.15) is 0 Å². The first-order valence-electron chi connectivity index (χ1n) is 8.89. The van der Waals surface area contributed by atoms with Crippen LogP contribution in [0.15, 0.2) is 91.4 Å². The number of carbonyl (C=O) groups excluding carboxylic acids is 1. The van der Waals surface area contributed by atoms with E-state index in [-0.39, 0.29) is 5.91 Å². The van der Waals surface area contributed by atoms with Gasteiger partial charge in [0.1, 0.15) is 17.3 Å². The van der Waals surface area contributed by atoms with Crippen molar-refractivity contribution in [3.8, 4) is 22.8 Å². The minimum atomic E-state index is -0.397. The molecule has 1 amide bonds. The van der Waals surface area contributed by atoms with Crippen molar-refractivity contribution in [1.82, 2.24) is 9.97 Å². The number of amides is 1. The van der Waals surface area contributed by atoms with Gasteiger partial charge in [0.05, 0.1) is 11.9 Å². The van der Waals surface area contributed by atoms with Crippen molar-refractivity contribution in [2.45, 2.75) is 0 Å². The van der Waals surface area contributed by atoms with Crippen LogP contribution in [0.25, 0.3) is 11.3 Å². The normalized spacial score (nSPS) is 10.4. The molecule has 1 N–H and O–H groups in total. The standard InChI is InChI=1S/C23H16FN3O2/c24-18-8-6-16(7-9-18)23(28)27-19-12-17(22-5-1-2-11-26-22)13-21(14-19)29-20-4-3-10-25-15-20/h1-15H,(H,27,28). The summed E-state index contributed by atoms with van der Waals surface area (Å²) in [5, 5.41) is 2.83. The van der Waals surface area contributed by atoms with E-state index in [9.17, 15) is 9.18 Å². The van der Waals surface area contributed by atoms with Crippen molar-refractivity contribution >= 4 is 11.6 Å². The maximum Gasteiger partial charge on any atom is 0.255 e. The molecule has 6 heteroatoms. The first-order chi connectivity index (χ1) is 14.2. The Kier molecular flexibility index (Phi) is 5.25. The molecule has 5 nitrogen and oxygen atoms in total. The molecule has 4 rings (SSSR count). The summed E-state index contributed by atoms with van der Waals surface area (Å²) in [6.07, 6.45) is 4.95. The van der Waals surface area contributed by atoms with E-state index in [1.165, 1.54) is 24.3 Å². The fourth-order valence-electron chi connectivity index (χ4n) is 2.76. The Balaban J connectivity index is 1.67. The van der Waals surface area contributed by atoms with Gasteiger partial charge in [0.15, 0.2) is 0 Å². The van der Waals surface area contributed by atoms with E-state index in [0.29, 0.717) is 22.7 Å². The van der Waals surface area contributed by atoms with Gasteiger partial charge in [-0.05, 0) is 60.7 Å². The predicted molar refractivity (Wildman–Crippen MR) is 108 cm³/mol. The zero-order valence-corrected chi connectivity index (χ0v) is 15.2. The van der Waals surface area contributed by atoms with E-state index in [4.69, 9.17) is 4.74 Å². The van der Waals surface area contributed by atoms with E-state index >= 15 is 0 Å². The third kappa shape index (κ3) is 4.62. The Morgan fingerprint density at radius 2 is 1.76 bits per heavy atom. The highest BCUT2D eigenvalue weighted by Gasteiger charge is 2.11. The molecular weight excluding hydrogens is 369 g/mol. The van der Waals surface area contributed by atoms with Gasteiger partial charge in [0.25, 0.3) is 5.91 Å². The number of carbonyl (C=O) groups is 1. The lowest BCUT2D eigenvalue weighted by molar-refractivity contribution is 0.102. The number of hydrogen-bond acceptors (Lipinski definition) is 4. The van der Waals surface area contributed by atoms with Gasteiger partial charge in [-0.3, -0.25) is 14.8 Å². The number of anilines is 1. The van der Waals surface area contributed by atoms with Crippen LogP contribution in [0.3, 0.4) is 0 Å². The van der Waals surface area contributed by atoms with Crippen molar-refractivity contribution in [1.29, 1.82) is 0 Å². The molecule has 29 heavy (non-hydrogen) atoms. The maximum absolute atomic E-state index is 13.1. The van der Waals surface area contributed by atoms with Crippen molar-refractivity contribution in [3.05, 3.63) is 103 Å². The fourth-order valence-corrected chi connectivity index (χ4v) is 2.76. The monoisotopic (exact) mass is 385 g/mol. The summed E-state index contributed by atoms with van der Waals surface area (Å²) in [5.41, 5.74) is 2.40. The molecule has 0 bridgehead atoms. The van der Waals surface area contributed by atoms with Crippen LogP contribution in [-0.4, -0.2) is 15.9 Å². The highest BCUT2D eigenvalue weighted by Crippen LogP contribution is 2.30. The predicted octanol–water partition coefficient (Wildman–Crippen LogP) is 5.33. The van der Waals surface area contributed by atoms with Gasteiger partial charge in [0, 0.05) is 35.3 Å². The summed E-state index contributed by atoms with van der Waals surface area (Å²) < 4.78 is 19.0. The zero-order chi connectivity index (χ0) is 20.1. The average Bonchev–Trinajstić information content (AvgIpc) is 2.75. The quantitative estimate of drug-likeness (QED) is 0.504. The van der Waals surface area contributed by atoms with E-state index < -0.39 is 5.82 Å². The second-order valence-corrected chi connectivity index (χ2v) is 6.21. The Morgan fingerprint density at radius 3 is 2.48 bits per heavy atom. The van der Waals surface area contributed by atoms with E-state index in [0.717, 1.165) is 11.3 Å². The number of nitrogens with one attached hydrogen (secondary N) is 1. The molecular formula is C23H16FN3O2. The second kappa shape index (κ2) is 8.31. The van der Waals surface area contributed by atoms with Crippen LogP contribution in [0.2, 0.25) is 0 Å². The van der Waals surface area contributed by atoms with Crippen LogP contribution < -0.4 is 10.1 Å². The number of hydrogen-bond donors (Lipinski definition) is 1. The lowest BCUT2D eigenvalue weighted by Crippen LogP contribution is -2.12. The highest BCUT2D eigenvalue weighted by molar-refractivity contribution is 6.04. The molecule has 0 fully saturated rings. The van der Waals surface area contributed by atoms with Gasteiger partial charge in [0.2, 0.25) is 0 Å². The summed E-state index contributed by atoms with van der Waals surface area (Å²) >= 11 is 0. The number of halogens is 1. The van der Waals surface area contributed by atoms with Gasteiger partial charge in [-0.25, -0.2) is 4.39 Å². The number of rotatable bonds is 5. The summed E-state index contributed by atoms with van der Waals surface area (Å²) in [6, 6.07) is 19.8. The topological polar surface area (TPSA) is 64.1 Å². The number of aromatic nitrogens is 2. The number of nitrogens with zero attached hydrogens (tertiary/aromatic N) is 2. The molecule has 4 aromatic rings. The third-order valence-electron chi connectivity index (χ3n) is 4.10. The average molecular weight is 385 g/mol. The summed E-state index contributed by atoms with van der Waals surface area (Å²) in [4.78, 5) is 20.9. The van der Waals surface area contributed by atoms with Crippen LogP contribution in [0.5, 0.6) is 11.5 Å². The zero-order valence-electron chi connectivity index (χ0n) is 15.2. The lowest BCUT2D eigenvalue weighted by Gasteiger charge is -2.12. The van der Waals surface area contributed by atoms with Crippen LogP contribution in [0.4, 0.5) is 10.1 Å². The molecule has 0 radical (unpaired) electrons. The van der Waals surface area contributed by atoms with Crippen molar-refractivity contribution in [2.75, 3.05) is 5.32 Å². The molecule has 0 saturated heterocycles. The number of pyridine rings is 2. The molecule has 0 aliphatic heterocycles. The van der Waals surface area contributed by atoms with Crippen LogP contribution in [-0.2, 0) is 0 Å². The smallest absolute Gasteiger partial charge is 0.255 e. The highest BCUT2D eigenvalue weighted by atomic mass is 19.1. The van der Waals surface area contributed by atoms with Crippen molar-refractivity contribution in [2.24, 2.45) is 0 Å². The van der Waals surface area contributed by atoms with Gasteiger partial charge < -0.3 is 10.1 Å². The molecule has 0 saturated carbocycles. The third-order valence-corrected chi connectivity index (χ3v) is 4.10.